The Morgan fingerprint density at radius 3 is 2.22 bits per heavy atom. The van der Waals surface area contributed by atoms with Gasteiger partial charge in [-0.05, 0) is 38.2 Å². The molecule has 0 spiro atoms. The van der Waals surface area contributed by atoms with Gasteiger partial charge in [0.1, 0.15) is 5.75 Å². The van der Waals surface area contributed by atoms with E-state index < -0.39 is 13.4 Å². The van der Waals surface area contributed by atoms with Gasteiger partial charge in [-0.25, -0.2) is 4.57 Å². The number of ether oxygens (including phenoxy) is 1. The zero-order valence-electron chi connectivity index (χ0n) is 14.3. The van der Waals surface area contributed by atoms with Crippen molar-refractivity contribution in [3.8, 4) is 5.75 Å². The third-order valence-corrected chi connectivity index (χ3v) is 3.56. The smallest absolute Gasteiger partial charge is 0.466 e. The van der Waals surface area contributed by atoms with Crippen LogP contribution < -0.4 is 4.74 Å². The van der Waals surface area contributed by atoms with Gasteiger partial charge >= 0.3 is 7.82 Å². The summed E-state index contributed by atoms with van der Waals surface area (Å²) in [5.74, 6) is 0.945. The first kappa shape index (κ1) is 22.1. The lowest BCUT2D eigenvalue weighted by Gasteiger charge is -2.35. The Hall–Kier alpha value is -0.950. The Bertz CT molecular complexity index is 510. The fourth-order valence-corrected chi connectivity index (χ4v) is 2.43. The molecule has 0 saturated carbocycles. The average Bonchev–Trinajstić information content (AvgIpc) is 2.43. The normalized spacial score (nSPS) is 15.4. The fourth-order valence-electron chi connectivity index (χ4n) is 2.43. The molecule has 0 saturated heterocycles. The number of nitrogens with zero attached hydrogens (tertiary/aromatic N) is 1. The van der Waals surface area contributed by atoms with Crippen LogP contribution in [0.3, 0.4) is 0 Å². The van der Waals surface area contributed by atoms with Gasteiger partial charge in [-0.3, -0.25) is 0 Å². The summed E-state index contributed by atoms with van der Waals surface area (Å²) in [6.45, 7) is 4.95. The average molecular weight is 349 g/mol. The number of hydrogen-bond acceptors (Lipinski definition) is 4. The van der Waals surface area contributed by atoms with Gasteiger partial charge in [-0.2, -0.15) is 0 Å². The van der Waals surface area contributed by atoms with Crippen LogP contribution in [0.25, 0.3) is 0 Å². The first-order valence-corrected chi connectivity index (χ1v) is 8.80. The lowest BCUT2D eigenvalue weighted by Crippen LogP contribution is -2.38. The molecule has 0 heterocycles. The van der Waals surface area contributed by atoms with E-state index in [-0.39, 0.29) is 5.92 Å². The summed E-state index contributed by atoms with van der Waals surface area (Å²) in [6.07, 6.45) is 0.690. The molecular weight excluding hydrogens is 321 g/mol. The third kappa shape index (κ3) is 8.46. The maximum absolute atomic E-state index is 10.9. The first-order valence-electron chi connectivity index (χ1n) is 7.24. The minimum atomic E-state index is -4.64. The standard InChI is InChI=1S/C15H25NO2.H3O4P/c1-6-15(17,12(2)11-16(3)4)13-8-7-9-14(10-13)18-5;1-5(2,3)4/h7-10,12,17H,6,11H2,1-5H3;(H3,1,2,3,4)/t12-,15+;/m1./s1. The largest absolute Gasteiger partial charge is 0.497 e. The van der Waals surface area contributed by atoms with Crippen molar-refractivity contribution >= 4 is 7.82 Å². The van der Waals surface area contributed by atoms with Gasteiger partial charge < -0.3 is 29.4 Å². The van der Waals surface area contributed by atoms with Crippen LogP contribution in [0.5, 0.6) is 5.75 Å². The highest BCUT2D eigenvalue weighted by atomic mass is 31.2. The predicted octanol–water partition coefficient (Wildman–Crippen LogP) is 1.56. The maximum Gasteiger partial charge on any atom is 0.466 e. The van der Waals surface area contributed by atoms with Crippen LogP contribution in [0.15, 0.2) is 24.3 Å². The molecule has 7 nitrogen and oxygen atoms in total. The van der Waals surface area contributed by atoms with Crippen LogP contribution in [0.2, 0.25) is 0 Å². The van der Waals surface area contributed by atoms with Gasteiger partial charge in [0, 0.05) is 12.5 Å². The van der Waals surface area contributed by atoms with Crippen molar-refractivity contribution < 1.29 is 29.1 Å². The van der Waals surface area contributed by atoms with Crippen molar-refractivity contribution in [2.24, 2.45) is 5.92 Å². The Kier molecular flexibility index (Phi) is 8.98. The minimum Gasteiger partial charge on any atom is -0.497 e. The van der Waals surface area contributed by atoms with Crippen LogP contribution in [0.4, 0.5) is 0 Å². The molecule has 0 bridgehead atoms. The summed E-state index contributed by atoms with van der Waals surface area (Å²) in [5.41, 5.74) is 0.123. The molecule has 0 amide bonds. The van der Waals surface area contributed by atoms with Gasteiger partial charge in [0.25, 0.3) is 0 Å². The van der Waals surface area contributed by atoms with E-state index in [1.54, 1.807) is 7.11 Å². The fraction of sp³-hybridized carbons (Fsp3) is 0.600. The molecule has 0 radical (unpaired) electrons. The van der Waals surface area contributed by atoms with Crippen LogP contribution in [-0.2, 0) is 10.2 Å². The van der Waals surface area contributed by atoms with Gasteiger partial charge in [-0.1, -0.05) is 26.0 Å². The number of hydrogen-bond donors (Lipinski definition) is 4. The summed E-state index contributed by atoms with van der Waals surface area (Å²) >= 11 is 0. The number of benzene rings is 1. The summed E-state index contributed by atoms with van der Waals surface area (Å²) in [6, 6.07) is 7.72. The molecule has 0 aliphatic heterocycles. The first-order chi connectivity index (χ1) is 10.4. The SMILES string of the molecule is CC[C@@](O)(c1cccc(OC)c1)[C@H](C)CN(C)C.O=P(O)(O)O. The van der Waals surface area contributed by atoms with E-state index in [0.717, 1.165) is 17.9 Å². The zero-order chi connectivity index (χ0) is 18.3. The van der Waals surface area contributed by atoms with Crippen LogP contribution in [0, 0.1) is 5.92 Å². The molecule has 134 valence electrons. The van der Waals surface area contributed by atoms with Crippen molar-refractivity contribution in [2.45, 2.75) is 25.9 Å². The summed E-state index contributed by atoms with van der Waals surface area (Å²) in [7, 11) is 1.06. The van der Waals surface area contributed by atoms with Crippen molar-refractivity contribution in [3.63, 3.8) is 0 Å². The molecule has 8 heteroatoms. The second-order valence-corrected chi connectivity index (χ2v) is 6.71. The van der Waals surface area contributed by atoms with Gasteiger partial charge in [-0.15, -0.1) is 0 Å². The molecule has 1 rings (SSSR count). The second kappa shape index (κ2) is 9.37. The number of aliphatic hydroxyl groups is 1. The zero-order valence-corrected chi connectivity index (χ0v) is 15.2. The number of rotatable bonds is 6. The third-order valence-electron chi connectivity index (χ3n) is 3.56. The topological polar surface area (TPSA) is 110 Å². The van der Waals surface area contributed by atoms with E-state index in [0.29, 0.717) is 6.42 Å². The Morgan fingerprint density at radius 1 is 1.30 bits per heavy atom. The molecule has 23 heavy (non-hydrogen) atoms. The molecule has 0 fully saturated rings. The summed E-state index contributed by atoms with van der Waals surface area (Å²) < 4.78 is 14.1. The lowest BCUT2D eigenvalue weighted by atomic mass is 9.80. The van der Waals surface area contributed by atoms with Gasteiger partial charge in [0.05, 0.1) is 12.7 Å². The highest BCUT2D eigenvalue weighted by Gasteiger charge is 2.34. The monoisotopic (exact) mass is 349 g/mol. The van der Waals surface area contributed by atoms with E-state index in [4.69, 9.17) is 24.0 Å². The number of methoxy groups -OCH3 is 1. The Labute approximate surface area is 137 Å². The molecule has 0 aliphatic carbocycles. The van der Waals surface area contributed by atoms with E-state index in [1.165, 1.54) is 0 Å². The van der Waals surface area contributed by atoms with Crippen molar-refractivity contribution in [2.75, 3.05) is 27.7 Å². The highest BCUT2D eigenvalue weighted by molar-refractivity contribution is 7.45. The van der Waals surface area contributed by atoms with Crippen molar-refractivity contribution in [1.82, 2.24) is 4.90 Å². The van der Waals surface area contributed by atoms with Gasteiger partial charge in [0.2, 0.25) is 0 Å². The Morgan fingerprint density at radius 2 is 1.83 bits per heavy atom. The van der Waals surface area contributed by atoms with Crippen LogP contribution >= 0.6 is 7.82 Å². The molecule has 1 aromatic carbocycles. The van der Waals surface area contributed by atoms with Crippen molar-refractivity contribution in [1.29, 1.82) is 0 Å². The highest BCUT2D eigenvalue weighted by Crippen LogP contribution is 2.34. The van der Waals surface area contributed by atoms with Crippen LogP contribution in [0.1, 0.15) is 25.8 Å². The van der Waals surface area contributed by atoms with E-state index in [1.807, 2.05) is 45.3 Å². The molecule has 0 unspecified atom stereocenters. The molecule has 2 atom stereocenters. The molecule has 1 aromatic rings. The summed E-state index contributed by atoms with van der Waals surface area (Å²) in [5, 5.41) is 10.9. The molecule has 4 N–H and O–H groups in total. The maximum atomic E-state index is 10.9. The minimum absolute atomic E-state index is 0.157. The quantitative estimate of drug-likeness (QED) is 0.577. The van der Waals surface area contributed by atoms with Gasteiger partial charge in [0.15, 0.2) is 0 Å². The van der Waals surface area contributed by atoms with E-state index >= 15 is 0 Å². The summed E-state index contributed by atoms with van der Waals surface area (Å²) in [4.78, 5) is 23.7. The van der Waals surface area contributed by atoms with E-state index in [2.05, 4.69) is 11.8 Å². The lowest BCUT2D eigenvalue weighted by molar-refractivity contribution is -0.0293. The number of phosphoric acid groups is 1. The van der Waals surface area contributed by atoms with Crippen LogP contribution in [-0.4, -0.2) is 52.4 Å². The molecule has 0 aromatic heterocycles. The molecular formula is C15H28NO6P. The second-order valence-electron chi connectivity index (χ2n) is 5.69. The van der Waals surface area contributed by atoms with E-state index in [9.17, 15) is 5.11 Å². The van der Waals surface area contributed by atoms with Crippen molar-refractivity contribution in [3.05, 3.63) is 29.8 Å². The Balaban J connectivity index is 0.000000841. The predicted molar refractivity (Wildman–Crippen MR) is 89.2 cm³/mol. The molecule has 0 aliphatic rings.